The molecule has 6 nitrogen and oxygen atoms in total. The molecule has 108 valence electrons. The third kappa shape index (κ3) is 4.07. The van der Waals surface area contributed by atoms with Crippen molar-refractivity contribution >= 4 is 35.2 Å². The second-order valence-electron chi connectivity index (χ2n) is 4.46. The maximum atomic E-state index is 11.8. The topological polar surface area (TPSA) is 90.3 Å². The molecule has 21 heavy (non-hydrogen) atoms. The van der Waals surface area contributed by atoms with Gasteiger partial charge in [0.1, 0.15) is 5.40 Å². The highest BCUT2D eigenvalue weighted by atomic mass is 32.2. The van der Waals surface area contributed by atoms with E-state index in [1.165, 1.54) is 0 Å². The molecule has 0 unspecified atom stereocenters. The van der Waals surface area contributed by atoms with Gasteiger partial charge in [0.05, 0.1) is 0 Å². The molecule has 1 aromatic rings. The highest BCUT2D eigenvalue weighted by Crippen LogP contribution is 2.19. The zero-order valence-corrected chi connectivity index (χ0v) is 12.0. The third-order valence-electron chi connectivity index (χ3n) is 3.02. The number of carbonyl (C=O) groups is 3. The minimum atomic E-state index is -0.261. The summed E-state index contributed by atoms with van der Waals surface area (Å²) in [5.74, 6) is -0.695. The predicted molar refractivity (Wildman–Crippen MR) is 77.1 cm³/mol. The molecule has 0 aromatic heterocycles. The lowest BCUT2D eigenvalue weighted by atomic mass is 10.3. The first-order valence-electron chi connectivity index (χ1n) is 6.39. The van der Waals surface area contributed by atoms with Gasteiger partial charge in [0.15, 0.2) is 0 Å². The van der Waals surface area contributed by atoms with E-state index in [1.54, 1.807) is 24.3 Å². The fourth-order valence-corrected chi connectivity index (χ4v) is 2.35. The lowest BCUT2D eigenvalue weighted by Crippen LogP contribution is -2.32. The van der Waals surface area contributed by atoms with Gasteiger partial charge in [-0.25, -0.2) is 0 Å². The first-order chi connectivity index (χ1) is 10.1. The number of likely N-dealkylation sites (tertiary alicyclic amines) is 1. The first-order valence-corrected chi connectivity index (χ1v) is 7.21. The Labute approximate surface area is 126 Å². The Morgan fingerprint density at radius 3 is 2.43 bits per heavy atom. The number of imide groups is 1. The van der Waals surface area contributed by atoms with Gasteiger partial charge in [-0.15, -0.1) is 0 Å². The number of rotatable bonds is 5. The molecule has 1 aliphatic rings. The molecule has 1 aliphatic heterocycles. The Morgan fingerprint density at radius 2 is 1.86 bits per heavy atom. The molecule has 7 heteroatoms. The first kappa shape index (κ1) is 15.1. The van der Waals surface area contributed by atoms with E-state index in [1.807, 2.05) is 5.40 Å². The number of hydrogen-bond donors (Lipinski definition) is 1. The summed E-state index contributed by atoms with van der Waals surface area (Å²) >= 11 is 1.04. The maximum absolute atomic E-state index is 11.8. The van der Waals surface area contributed by atoms with E-state index < -0.39 is 0 Å². The highest BCUT2D eigenvalue weighted by Gasteiger charge is 2.28. The standard InChI is InChI=1S/C14H13N3O3S/c15-9-21-11-3-1-10(2-4-11)16-12(18)7-8-17-13(19)5-6-14(17)20/h1-4H,5-8H2,(H,16,18). The Balaban J connectivity index is 1.83. The van der Waals surface area contributed by atoms with Gasteiger partial charge in [-0.1, -0.05) is 0 Å². The zero-order valence-electron chi connectivity index (χ0n) is 11.2. The van der Waals surface area contributed by atoms with E-state index in [9.17, 15) is 14.4 Å². The smallest absolute Gasteiger partial charge is 0.229 e. The molecule has 1 N–H and O–H groups in total. The molecule has 0 spiro atoms. The summed E-state index contributed by atoms with van der Waals surface area (Å²) in [4.78, 5) is 36.5. The van der Waals surface area contributed by atoms with Crippen LogP contribution in [0.5, 0.6) is 0 Å². The number of carbonyl (C=O) groups excluding carboxylic acids is 3. The van der Waals surface area contributed by atoms with Gasteiger partial charge in [-0.2, -0.15) is 5.26 Å². The second kappa shape index (κ2) is 6.90. The van der Waals surface area contributed by atoms with E-state index in [2.05, 4.69) is 5.32 Å². The van der Waals surface area contributed by atoms with Crippen LogP contribution < -0.4 is 5.32 Å². The summed E-state index contributed by atoms with van der Waals surface area (Å²) in [6.45, 7) is 0.117. The monoisotopic (exact) mass is 303 g/mol. The van der Waals surface area contributed by atoms with Crippen molar-refractivity contribution in [1.82, 2.24) is 4.90 Å². The van der Waals surface area contributed by atoms with Crippen LogP contribution in [0.3, 0.4) is 0 Å². The Morgan fingerprint density at radius 1 is 1.24 bits per heavy atom. The van der Waals surface area contributed by atoms with E-state index in [4.69, 9.17) is 5.26 Å². The number of thioether (sulfide) groups is 1. The number of thiocyanates is 1. The molecular weight excluding hydrogens is 290 g/mol. The van der Waals surface area contributed by atoms with Gasteiger partial charge in [0.25, 0.3) is 0 Å². The molecule has 0 bridgehead atoms. The lowest BCUT2D eigenvalue weighted by Gasteiger charge is -2.13. The summed E-state index contributed by atoms with van der Waals surface area (Å²) in [5, 5.41) is 13.2. The number of nitriles is 1. The summed E-state index contributed by atoms with van der Waals surface area (Å²) < 4.78 is 0. The average molecular weight is 303 g/mol. The fourth-order valence-electron chi connectivity index (χ4n) is 1.97. The van der Waals surface area contributed by atoms with Crippen molar-refractivity contribution in [1.29, 1.82) is 5.26 Å². The molecule has 1 heterocycles. The van der Waals surface area contributed by atoms with Crippen molar-refractivity contribution < 1.29 is 14.4 Å². The van der Waals surface area contributed by atoms with Crippen molar-refractivity contribution in [2.24, 2.45) is 0 Å². The largest absolute Gasteiger partial charge is 0.326 e. The fraction of sp³-hybridized carbons (Fsp3) is 0.286. The number of hydrogen-bond acceptors (Lipinski definition) is 5. The highest BCUT2D eigenvalue weighted by molar-refractivity contribution is 8.03. The van der Waals surface area contributed by atoms with Crippen LogP contribution >= 0.6 is 11.8 Å². The third-order valence-corrected chi connectivity index (χ3v) is 3.62. The Bertz CT molecular complexity index is 591. The van der Waals surface area contributed by atoms with Crippen LogP contribution in [-0.2, 0) is 14.4 Å². The van der Waals surface area contributed by atoms with Gasteiger partial charge in [-0.05, 0) is 36.0 Å². The summed E-state index contributed by atoms with van der Waals surface area (Å²) in [6.07, 6.45) is 0.545. The van der Waals surface area contributed by atoms with Gasteiger partial charge < -0.3 is 5.32 Å². The molecule has 0 saturated carbocycles. The molecule has 1 saturated heterocycles. The van der Waals surface area contributed by atoms with Crippen LogP contribution in [0.1, 0.15) is 19.3 Å². The van der Waals surface area contributed by atoms with Gasteiger partial charge in [0, 0.05) is 36.4 Å². The number of anilines is 1. The van der Waals surface area contributed by atoms with Crippen molar-refractivity contribution in [2.45, 2.75) is 24.2 Å². The van der Waals surface area contributed by atoms with Gasteiger partial charge in [0.2, 0.25) is 17.7 Å². The normalized spacial score (nSPS) is 14.1. The van der Waals surface area contributed by atoms with E-state index in [0.717, 1.165) is 21.6 Å². The van der Waals surface area contributed by atoms with Crippen LogP contribution in [0.4, 0.5) is 5.69 Å². The van der Waals surface area contributed by atoms with Crippen molar-refractivity contribution in [2.75, 3.05) is 11.9 Å². The van der Waals surface area contributed by atoms with Crippen molar-refractivity contribution in [3.63, 3.8) is 0 Å². The molecule has 0 aliphatic carbocycles. The number of nitrogens with one attached hydrogen (secondary N) is 1. The van der Waals surface area contributed by atoms with Crippen molar-refractivity contribution in [3.8, 4) is 5.40 Å². The van der Waals surface area contributed by atoms with Crippen LogP contribution in [0.2, 0.25) is 0 Å². The number of benzene rings is 1. The van der Waals surface area contributed by atoms with Crippen molar-refractivity contribution in [3.05, 3.63) is 24.3 Å². The molecule has 0 atom stereocenters. The molecule has 3 amide bonds. The number of amides is 3. The molecule has 0 radical (unpaired) electrons. The molecule has 1 aromatic carbocycles. The van der Waals surface area contributed by atoms with Crippen LogP contribution in [0, 0.1) is 10.7 Å². The Hall–Kier alpha value is -2.33. The van der Waals surface area contributed by atoms with E-state index in [0.29, 0.717) is 5.69 Å². The zero-order chi connectivity index (χ0) is 15.2. The lowest BCUT2D eigenvalue weighted by molar-refractivity contribution is -0.138. The Kier molecular flexibility index (Phi) is 4.95. The number of nitrogens with zero attached hydrogens (tertiary/aromatic N) is 2. The van der Waals surface area contributed by atoms with Crippen LogP contribution in [0.15, 0.2) is 29.2 Å². The average Bonchev–Trinajstić information content (AvgIpc) is 2.78. The molecule has 1 fully saturated rings. The predicted octanol–water partition coefficient (Wildman–Crippen LogP) is 1.74. The second-order valence-corrected chi connectivity index (χ2v) is 5.31. The summed E-state index contributed by atoms with van der Waals surface area (Å²) in [6, 6.07) is 6.86. The minimum Gasteiger partial charge on any atom is -0.326 e. The minimum absolute atomic E-state index is 0.0756. The van der Waals surface area contributed by atoms with Crippen LogP contribution in [0.25, 0.3) is 0 Å². The summed E-state index contributed by atoms with van der Waals surface area (Å²) in [5.41, 5.74) is 0.612. The van der Waals surface area contributed by atoms with E-state index in [-0.39, 0.29) is 43.5 Å². The van der Waals surface area contributed by atoms with Gasteiger partial charge in [-0.3, -0.25) is 19.3 Å². The van der Waals surface area contributed by atoms with Crippen LogP contribution in [-0.4, -0.2) is 29.2 Å². The van der Waals surface area contributed by atoms with Gasteiger partial charge >= 0.3 is 0 Å². The molecule has 2 rings (SSSR count). The maximum Gasteiger partial charge on any atom is 0.229 e. The SMILES string of the molecule is N#CSc1ccc(NC(=O)CCN2C(=O)CCC2=O)cc1. The quantitative estimate of drug-likeness (QED) is 0.508. The molecular formula is C14H13N3O3S. The van der Waals surface area contributed by atoms with E-state index >= 15 is 0 Å². The summed E-state index contributed by atoms with van der Waals surface area (Å²) in [7, 11) is 0.